The molecule has 1 aliphatic heterocycles. The van der Waals surface area contributed by atoms with E-state index in [-0.39, 0.29) is 11.6 Å². The number of hydrogen-bond donors (Lipinski definition) is 1. The zero-order chi connectivity index (χ0) is 21.9. The summed E-state index contributed by atoms with van der Waals surface area (Å²) in [6, 6.07) is 7.79. The Balaban J connectivity index is 1.63. The molecule has 2 fully saturated rings. The van der Waals surface area contributed by atoms with Gasteiger partial charge in [0.15, 0.2) is 5.82 Å². The van der Waals surface area contributed by atoms with Crippen molar-refractivity contribution in [2.75, 3.05) is 20.2 Å². The summed E-state index contributed by atoms with van der Waals surface area (Å²) in [5.41, 5.74) is 1.44. The van der Waals surface area contributed by atoms with Crippen molar-refractivity contribution in [1.82, 2.24) is 30.1 Å². The maximum absolute atomic E-state index is 13.3. The van der Waals surface area contributed by atoms with Crippen molar-refractivity contribution in [2.45, 2.75) is 69.9 Å². The van der Waals surface area contributed by atoms with E-state index in [4.69, 9.17) is 4.74 Å². The number of methoxy groups -OCH3 is 1. The molecule has 0 radical (unpaired) electrons. The van der Waals surface area contributed by atoms with Crippen LogP contribution in [0.2, 0.25) is 0 Å². The molecule has 0 spiro atoms. The maximum atomic E-state index is 13.3. The Kier molecular flexibility index (Phi) is 6.21. The number of pyridine rings is 1. The smallest absolute Gasteiger partial charge is 0.253 e. The minimum atomic E-state index is -0.260. The van der Waals surface area contributed by atoms with Crippen LogP contribution in [0.25, 0.3) is 10.9 Å². The summed E-state index contributed by atoms with van der Waals surface area (Å²) in [6.45, 7) is 1.88. The van der Waals surface area contributed by atoms with Crippen LogP contribution in [0.1, 0.15) is 81.3 Å². The maximum Gasteiger partial charge on any atom is 0.253 e. The van der Waals surface area contributed by atoms with Gasteiger partial charge < -0.3 is 9.72 Å². The molecule has 170 valence electrons. The van der Waals surface area contributed by atoms with E-state index in [0.717, 1.165) is 61.2 Å². The van der Waals surface area contributed by atoms with Gasteiger partial charge in [-0.1, -0.05) is 32.1 Å². The van der Waals surface area contributed by atoms with Crippen LogP contribution in [-0.2, 0) is 0 Å². The van der Waals surface area contributed by atoms with Crippen molar-refractivity contribution in [3.05, 3.63) is 46.0 Å². The van der Waals surface area contributed by atoms with Gasteiger partial charge in [-0.25, -0.2) is 4.68 Å². The lowest BCUT2D eigenvalue weighted by Gasteiger charge is -2.31. The highest BCUT2D eigenvalue weighted by molar-refractivity contribution is 5.80. The molecule has 0 unspecified atom stereocenters. The summed E-state index contributed by atoms with van der Waals surface area (Å²) in [4.78, 5) is 18.9. The van der Waals surface area contributed by atoms with E-state index in [1.54, 1.807) is 7.11 Å². The van der Waals surface area contributed by atoms with Crippen LogP contribution in [0.4, 0.5) is 0 Å². The number of benzene rings is 1. The van der Waals surface area contributed by atoms with E-state index in [1.165, 1.54) is 32.1 Å². The molecular formula is C24H32N6O2. The van der Waals surface area contributed by atoms with Crippen LogP contribution in [-0.4, -0.2) is 50.3 Å². The third-order valence-corrected chi connectivity index (χ3v) is 7.06. The van der Waals surface area contributed by atoms with E-state index >= 15 is 0 Å². The Morgan fingerprint density at radius 3 is 2.53 bits per heavy atom. The number of rotatable bonds is 5. The SMILES string of the molecule is COc1ccc2[nH]c(=O)c([C@H](c3nnnn3C3CCCCC3)N3CCCCCC3)cc2c1. The predicted molar refractivity (Wildman–Crippen MR) is 123 cm³/mol. The van der Waals surface area contributed by atoms with Crippen molar-refractivity contribution in [3.63, 3.8) is 0 Å². The van der Waals surface area contributed by atoms with Crippen molar-refractivity contribution in [2.24, 2.45) is 0 Å². The van der Waals surface area contributed by atoms with Gasteiger partial charge in [-0.2, -0.15) is 0 Å². The van der Waals surface area contributed by atoms with Gasteiger partial charge in [0.25, 0.3) is 5.56 Å². The van der Waals surface area contributed by atoms with E-state index in [9.17, 15) is 4.79 Å². The Bertz CT molecular complexity index is 1110. The van der Waals surface area contributed by atoms with Crippen LogP contribution in [0, 0.1) is 0 Å². The second-order valence-electron chi connectivity index (χ2n) is 9.13. The number of H-pyrrole nitrogens is 1. The first-order chi connectivity index (χ1) is 15.7. The van der Waals surface area contributed by atoms with Crippen molar-refractivity contribution >= 4 is 10.9 Å². The average Bonchev–Trinajstić information content (AvgIpc) is 3.15. The lowest BCUT2D eigenvalue weighted by molar-refractivity contribution is 0.210. The lowest BCUT2D eigenvalue weighted by atomic mass is 9.95. The predicted octanol–water partition coefficient (Wildman–Crippen LogP) is 3.99. The number of ether oxygens (including phenoxy) is 1. The number of aromatic amines is 1. The van der Waals surface area contributed by atoms with Gasteiger partial charge in [0.1, 0.15) is 11.8 Å². The third kappa shape index (κ3) is 4.16. The molecule has 3 heterocycles. The highest BCUT2D eigenvalue weighted by Crippen LogP contribution is 2.34. The molecule has 1 atom stereocenters. The molecule has 1 aliphatic carbocycles. The molecule has 8 nitrogen and oxygen atoms in total. The molecule has 1 N–H and O–H groups in total. The minimum Gasteiger partial charge on any atom is -0.497 e. The molecule has 32 heavy (non-hydrogen) atoms. The van der Waals surface area contributed by atoms with E-state index in [0.29, 0.717) is 11.6 Å². The fourth-order valence-electron chi connectivity index (χ4n) is 5.35. The highest BCUT2D eigenvalue weighted by atomic mass is 16.5. The number of nitrogens with zero attached hydrogens (tertiary/aromatic N) is 5. The molecule has 1 saturated heterocycles. The lowest BCUT2D eigenvalue weighted by Crippen LogP contribution is -2.36. The number of hydrogen-bond acceptors (Lipinski definition) is 6. The van der Waals surface area contributed by atoms with Gasteiger partial charge in [-0.15, -0.1) is 5.10 Å². The van der Waals surface area contributed by atoms with Gasteiger partial charge in [0.05, 0.1) is 13.2 Å². The summed E-state index contributed by atoms with van der Waals surface area (Å²) >= 11 is 0. The second kappa shape index (κ2) is 9.40. The highest BCUT2D eigenvalue weighted by Gasteiger charge is 2.33. The third-order valence-electron chi connectivity index (χ3n) is 7.06. The summed E-state index contributed by atoms with van der Waals surface area (Å²) < 4.78 is 7.44. The number of aromatic nitrogens is 5. The summed E-state index contributed by atoms with van der Waals surface area (Å²) in [6.07, 6.45) is 10.6. The Morgan fingerprint density at radius 1 is 1.03 bits per heavy atom. The second-order valence-corrected chi connectivity index (χ2v) is 9.13. The van der Waals surface area contributed by atoms with Crippen LogP contribution < -0.4 is 10.3 Å². The van der Waals surface area contributed by atoms with Crippen LogP contribution in [0.3, 0.4) is 0 Å². The fourth-order valence-corrected chi connectivity index (χ4v) is 5.35. The van der Waals surface area contributed by atoms with Crippen molar-refractivity contribution < 1.29 is 4.74 Å². The van der Waals surface area contributed by atoms with E-state index in [2.05, 4.69) is 25.4 Å². The van der Waals surface area contributed by atoms with E-state index in [1.807, 2.05) is 28.9 Å². The topological polar surface area (TPSA) is 88.9 Å². The fraction of sp³-hybridized carbons (Fsp3) is 0.583. The number of tetrazole rings is 1. The molecule has 5 rings (SSSR count). The zero-order valence-corrected chi connectivity index (χ0v) is 18.8. The monoisotopic (exact) mass is 436 g/mol. The molecule has 2 aromatic heterocycles. The number of likely N-dealkylation sites (tertiary alicyclic amines) is 1. The summed E-state index contributed by atoms with van der Waals surface area (Å²) in [7, 11) is 1.66. The van der Waals surface area contributed by atoms with Crippen LogP contribution in [0.5, 0.6) is 5.75 Å². The molecule has 3 aromatic rings. The van der Waals surface area contributed by atoms with Gasteiger partial charge >= 0.3 is 0 Å². The molecule has 0 amide bonds. The Morgan fingerprint density at radius 2 is 1.78 bits per heavy atom. The normalized spacial score (nSPS) is 19.7. The molecule has 8 heteroatoms. The van der Waals surface area contributed by atoms with Gasteiger partial charge in [0.2, 0.25) is 0 Å². The first kappa shape index (κ1) is 21.1. The van der Waals surface area contributed by atoms with E-state index < -0.39 is 0 Å². The number of nitrogens with one attached hydrogen (secondary N) is 1. The Hall–Kier alpha value is -2.74. The standard InChI is InChI=1S/C24H32N6O2/c1-32-19-11-12-21-17(15-19)16-20(24(31)25-21)22(29-13-7-2-3-8-14-29)23-26-27-28-30(23)18-9-5-4-6-10-18/h11-12,15-16,18,22H,2-10,13-14H2,1H3,(H,25,31)/t22-/m1/s1. The quantitative estimate of drug-likeness (QED) is 0.650. The van der Waals surface area contributed by atoms with Crippen molar-refractivity contribution in [1.29, 1.82) is 0 Å². The zero-order valence-electron chi connectivity index (χ0n) is 18.8. The van der Waals surface area contributed by atoms with Gasteiger partial charge in [-0.05, 0) is 73.5 Å². The molecular weight excluding hydrogens is 404 g/mol. The van der Waals surface area contributed by atoms with Gasteiger partial charge in [0, 0.05) is 16.5 Å². The molecule has 2 aliphatic rings. The molecule has 1 saturated carbocycles. The first-order valence-electron chi connectivity index (χ1n) is 12.0. The summed E-state index contributed by atoms with van der Waals surface area (Å²) in [5, 5.41) is 14.0. The molecule has 0 bridgehead atoms. The molecule has 1 aromatic carbocycles. The first-order valence-corrected chi connectivity index (χ1v) is 12.0. The summed E-state index contributed by atoms with van der Waals surface area (Å²) in [5.74, 6) is 1.57. The largest absolute Gasteiger partial charge is 0.497 e. The minimum absolute atomic E-state index is 0.0740. The van der Waals surface area contributed by atoms with Crippen LogP contribution >= 0.6 is 0 Å². The van der Waals surface area contributed by atoms with Crippen LogP contribution in [0.15, 0.2) is 29.1 Å². The van der Waals surface area contributed by atoms with Crippen molar-refractivity contribution in [3.8, 4) is 5.75 Å². The average molecular weight is 437 g/mol. The van der Waals surface area contributed by atoms with Gasteiger partial charge in [-0.3, -0.25) is 9.69 Å². The number of fused-ring (bicyclic) bond motifs is 1. The Labute approximate surface area is 188 Å².